The largest absolute Gasteiger partial charge is 0.328 e. The molecule has 1 aromatic heterocycles. The van der Waals surface area contributed by atoms with Gasteiger partial charge in [0.2, 0.25) is 0 Å². The summed E-state index contributed by atoms with van der Waals surface area (Å²) in [6.45, 7) is 2.35. The lowest BCUT2D eigenvalue weighted by Gasteiger charge is -2.40. The summed E-state index contributed by atoms with van der Waals surface area (Å²) in [4.78, 5) is 17.4. The average Bonchev–Trinajstić information content (AvgIpc) is 3.19. The summed E-state index contributed by atoms with van der Waals surface area (Å²) in [7, 11) is 2.09. The fourth-order valence-electron chi connectivity index (χ4n) is 3.48. The van der Waals surface area contributed by atoms with E-state index in [0.717, 1.165) is 29.9 Å². The highest BCUT2D eigenvalue weighted by Gasteiger charge is 2.31. The Bertz CT molecular complexity index is 923. The summed E-state index contributed by atoms with van der Waals surface area (Å²) in [6.07, 6.45) is 0. The lowest BCUT2D eigenvalue weighted by Crippen LogP contribution is -2.49. The van der Waals surface area contributed by atoms with E-state index in [1.165, 1.54) is 0 Å². The quantitative estimate of drug-likeness (QED) is 0.750. The molecule has 1 saturated heterocycles. The molecule has 0 bridgehead atoms. The maximum absolute atomic E-state index is 13.2. The smallest absolute Gasteiger partial charge is 0.272 e. The van der Waals surface area contributed by atoms with Crippen LogP contribution in [-0.2, 0) is 0 Å². The lowest BCUT2D eigenvalue weighted by atomic mass is 10.0. The van der Waals surface area contributed by atoms with Gasteiger partial charge in [0, 0.05) is 30.2 Å². The van der Waals surface area contributed by atoms with Crippen molar-refractivity contribution in [1.82, 2.24) is 20.0 Å². The maximum Gasteiger partial charge on any atom is 0.272 e. The van der Waals surface area contributed by atoms with Crippen molar-refractivity contribution in [3.05, 3.63) is 76.9 Å². The zero-order valence-electron chi connectivity index (χ0n) is 15.1. The zero-order valence-corrected chi connectivity index (χ0v) is 15.9. The number of carbonyl (C=O) groups is 1. The van der Waals surface area contributed by atoms with Gasteiger partial charge in [-0.2, -0.15) is 5.10 Å². The minimum atomic E-state index is -0.0235. The van der Waals surface area contributed by atoms with Gasteiger partial charge in [-0.25, -0.2) is 0 Å². The summed E-state index contributed by atoms with van der Waals surface area (Å²) in [5.74, 6) is -0.0235. The van der Waals surface area contributed by atoms with Gasteiger partial charge in [-0.05, 0) is 30.8 Å². The van der Waals surface area contributed by atoms with Crippen LogP contribution < -0.4 is 0 Å². The summed E-state index contributed by atoms with van der Waals surface area (Å²) in [6, 6.07) is 19.5. The Morgan fingerprint density at radius 2 is 1.85 bits per heavy atom. The van der Waals surface area contributed by atoms with E-state index >= 15 is 0 Å². The van der Waals surface area contributed by atoms with Crippen molar-refractivity contribution in [3.63, 3.8) is 0 Å². The summed E-state index contributed by atoms with van der Waals surface area (Å²) in [5, 5.41) is 7.90. The highest BCUT2D eigenvalue weighted by Crippen LogP contribution is 2.27. The van der Waals surface area contributed by atoms with E-state index in [4.69, 9.17) is 11.6 Å². The van der Waals surface area contributed by atoms with Gasteiger partial charge in [-0.15, -0.1) is 0 Å². The molecule has 1 aliphatic heterocycles. The monoisotopic (exact) mass is 380 g/mol. The highest BCUT2D eigenvalue weighted by atomic mass is 35.5. The second-order valence-corrected chi connectivity index (χ2v) is 7.30. The summed E-state index contributed by atoms with van der Waals surface area (Å²) in [5.41, 5.74) is 3.31. The Kier molecular flexibility index (Phi) is 4.97. The van der Waals surface area contributed by atoms with Crippen LogP contribution in [0, 0.1) is 0 Å². The molecule has 1 aliphatic rings. The molecular weight excluding hydrogens is 360 g/mol. The number of H-pyrrole nitrogens is 1. The number of rotatable bonds is 3. The van der Waals surface area contributed by atoms with E-state index in [-0.39, 0.29) is 11.9 Å². The molecule has 1 fully saturated rings. The molecular formula is C21H21ClN4O. The van der Waals surface area contributed by atoms with Crippen molar-refractivity contribution in [1.29, 1.82) is 0 Å². The topological polar surface area (TPSA) is 52.2 Å². The van der Waals surface area contributed by atoms with Crippen molar-refractivity contribution >= 4 is 17.5 Å². The Labute approximate surface area is 163 Å². The van der Waals surface area contributed by atoms with E-state index in [2.05, 4.69) is 34.3 Å². The number of hydrogen-bond donors (Lipinski definition) is 1. The van der Waals surface area contributed by atoms with Crippen LogP contribution in [-0.4, -0.2) is 52.6 Å². The number of nitrogens with one attached hydrogen (secondary N) is 1. The van der Waals surface area contributed by atoms with Crippen LogP contribution in [0.15, 0.2) is 60.7 Å². The van der Waals surface area contributed by atoms with E-state index in [1.807, 2.05) is 53.4 Å². The van der Waals surface area contributed by atoms with Crippen LogP contribution >= 0.6 is 11.6 Å². The molecule has 3 aromatic rings. The molecule has 2 aromatic carbocycles. The van der Waals surface area contributed by atoms with Crippen molar-refractivity contribution in [2.45, 2.75) is 6.04 Å². The first-order chi connectivity index (χ1) is 13.1. The zero-order chi connectivity index (χ0) is 18.8. The van der Waals surface area contributed by atoms with Gasteiger partial charge in [0.05, 0.1) is 11.7 Å². The van der Waals surface area contributed by atoms with E-state index < -0.39 is 0 Å². The number of carbonyl (C=O) groups excluding carboxylic acids is 1. The van der Waals surface area contributed by atoms with Crippen LogP contribution in [0.3, 0.4) is 0 Å². The van der Waals surface area contributed by atoms with Gasteiger partial charge in [0.1, 0.15) is 5.69 Å². The molecule has 0 radical (unpaired) electrons. The molecule has 2 heterocycles. The first-order valence-corrected chi connectivity index (χ1v) is 9.35. The van der Waals surface area contributed by atoms with Crippen LogP contribution in [0.1, 0.15) is 22.1 Å². The number of benzene rings is 2. The van der Waals surface area contributed by atoms with E-state index in [1.54, 1.807) is 0 Å². The number of nitrogens with zero attached hydrogens (tertiary/aromatic N) is 3. The second kappa shape index (κ2) is 7.55. The fourth-order valence-corrected chi connectivity index (χ4v) is 3.60. The summed E-state index contributed by atoms with van der Waals surface area (Å²) < 4.78 is 0. The fraction of sp³-hybridized carbons (Fsp3) is 0.238. The average molecular weight is 381 g/mol. The van der Waals surface area contributed by atoms with E-state index in [0.29, 0.717) is 17.3 Å². The molecule has 138 valence electrons. The predicted molar refractivity (Wildman–Crippen MR) is 107 cm³/mol. The van der Waals surface area contributed by atoms with E-state index in [9.17, 15) is 4.79 Å². The molecule has 0 saturated carbocycles. The Morgan fingerprint density at radius 3 is 2.59 bits per heavy atom. The van der Waals surface area contributed by atoms with Gasteiger partial charge >= 0.3 is 0 Å². The molecule has 0 aliphatic carbocycles. The normalized spacial score (nSPS) is 17.9. The molecule has 27 heavy (non-hydrogen) atoms. The Hall–Kier alpha value is -2.63. The van der Waals surface area contributed by atoms with Crippen molar-refractivity contribution in [3.8, 4) is 11.3 Å². The number of amides is 1. The molecule has 0 unspecified atom stereocenters. The van der Waals surface area contributed by atoms with Crippen molar-refractivity contribution in [2.24, 2.45) is 0 Å². The number of likely N-dealkylation sites (N-methyl/N-ethyl adjacent to an activating group) is 1. The number of aromatic amines is 1. The van der Waals surface area contributed by atoms with Crippen molar-refractivity contribution < 1.29 is 4.79 Å². The molecule has 4 rings (SSSR count). The molecule has 6 heteroatoms. The Balaban J connectivity index is 1.60. The third-order valence-corrected chi connectivity index (χ3v) is 5.23. The summed E-state index contributed by atoms with van der Waals surface area (Å²) >= 11 is 5.95. The third kappa shape index (κ3) is 3.75. The van der Waals surface area contributed by atoms with Crippen LogP contribution in [0.5, 0.6) is 0 Å². The van der Waals surface area contributed by atoms with Crippen LogP contribution in [0.2, 0.25) is 5.02 Å². The molecule has 1 atom stereocenters. The minimum Gasteiger partial charge on any atom is -0.328 e. The second-order valence-electron chi connectivity index (χ2n) is 6.86. The number of hydrogen-bond acceptors (Lipinski definition) is 3. The molecule has 1 amide bonds. The van der Waals surface area contributed by atoms with Gasteiger partial charge in [0.15, 0.2) is 0 Å². The van der Waals surface area contributed by atoms with Gasteiger partial charge in [-0.1, -0.05) is 54.1 Å². The molecule has 0 spiro atoms. The first kappa shape index (κ1) is 17.8. The van der Waals surface area contributed by atoms with Gasteiger partial charge in [-0.3, -0.25) is 9.89 Å². The van der Waals surface area contributed by atoms with Crippen LogP contribution in [0.4, 0.5) is 0 Å². The standard InChI is InChI=1S/C21H21ClN4O/c1-25-11-12-26(20(14-25)16-5-3-2-4-6-16)21(27)19-13-18(23-24-19)15-7-9-17(22)10-8-15/h2-10,13,20H,11-12,14H2,1H3,(H,23,24)/t20-/m0/s1. The SMILES string of the molecule is CN1CCN(C(=O)c2cc(-c3ccc(Cl)cc3)n[nH]2)[C@H](c2ccccc2)C1. The number of aromatic nitrogens is 2. The minimum absolute atomic E-state index is 0.0235. The third-order valence-electron chi connectivity index (χ3n) is 4.98. The van der Waals surface area contributed by atoms with Crippen LogP contribution in [0.25, 0.3) is 11.3 Å². The number of halogens is 1. The van der Waals surface area contributed by atoms with Gasteiger partial charge < -0.3 is 9.80 Å². The highest BCUT2D eigenvalue weighted by molar-refractivity contribution is 6.30. The molecule has 1 N–H and O–H groups in total. The lowest BCUT2D eigenvalue weighted by molar-refractivity contribution is 0.0492. The van der Waals surface area contributed by atoms with Crippen molar-refractivity contribution in [2.75, 3.05) is 26.7 Å². The predicted octanol–water partition coefficient (Wildman–Crippen LogP) is 3.86. The van der Waals surface area contributed by atoms with Gasteiger partial charge in [0.25, 0.3) is 5.91 Å². The molecule has 5 nitrogen and oxygen atoms in total. The Morgan fingerprint density at radius 1 is 1.11 bits per heavy atom. The maximum atomic E-state index is 13.2. The number of piperazine rings is 1. The first-order valence-electron chi connectivity index (χ1n) is 8.97.